The van der Waals surface area contributed by atoms with Gasteiger partial charge < -0.3 is 31.9 Å². The average Bonchev–Trinajstić information content (AvgIpc) is 1.80. The molecule has 6 aromatic heterocycles. The van der Waals surface area contributed by atoms with E-state index in [1.54, 1.807) is 86.6 Å². The van der Waals surface area contributed by atoms with E-state index in [1.165, 1.54) is 65.8 Å². The lowest BCUT2D eigenvalue weighted by atomic mass is 10.2. The van der Waals surface area contributed by atoms with Gasteiger partial charge >= 0.3 is 0 Å². The number of nitrogens with zero attached hydrogens (tertiary/aromatic N) is 18. The molecule has 6 N–H and O–H groups in total. The Morgan fingerprint density at radius 3 is 0.600 bits per heavy atom. The molecule has 36 nitrogen and oxygen atoms in total. The molecule has 0 atom stereocenters. The van der Waals surface area contributed by atoms with Gasteiger partial charge in [0.05, 0.1) is 54.2 Å². The van der Waals surface area contributed by atoms with Gasteiger partial charge in [-0.3, -0.25) is 57.5 Å². The number of anilines is 6. The van der Waals surface area contributed by atoms with Crippen LogP contribution in [0.3, 0.4) is 0 Å². The number of carbonyl (C=O) groups excluding carboxylic acids is 12. The van der Waals surface area contributed by atoms with Gasteiger partial charge in [-0.05, 0) is 196 Å². The van der Waals surface area contributed by atoms with E-state index in [-0.39, 0.29) is 74.8 Å². The highest BCUT2D eigenvalue weighted by atomic mass is 79.9. The lowest BCUT2D eigenvalue weighted by molar-refractivity contribution is 0.0892. The van der Waals surface area contributed by atoms with Crippen molar-refractivity contribution in [2.75, 3.05) is 31.9 Å². The molecule has 6 heterocycles. The molecule has 0 aliphatic carbocycles. The molecule has 0 radical (unpaired) electrons. The largest absolute Gasteiger partial charge is 0.319 e. The van der Waals surface area contributed by atoms with E-state index in [0.717, 1.165) is 57.4 Å². The Morgan fingerprint density at radius 2 is 0.425 bits per heavy atom. The Balaban J connectivity index is 0.000000198. The van der Waals surface area contributed by atoms with E-state index in [2.05, 4.69) is 141 Å². The minimum absolute atomic E-state index is 0.00552. The van der Waals surface area contributed by atoms with Crippen LogP contribution in [0.1, 0.15) is 167 Å². The highest BCUT2D eigenvalue weighted by Crippen LogP contribution is 2.30. The summed E-state index contributed by atoms with van der Waals surface area (Å²) in [6, 6.07) is 29.6. The first-order chi connectivity index (χ1) is 56.3. The second-order valence-electron chi connectivity index (χ2n) is 24.5. The van der Waals surface area contributed by atoms with Crippen molar-refractivity contribution >= 4 is 234 Å². The van der Waals surface area contributed by atoms with Crippen LogP contribution >= 0.6 is 129 Å². The van der Waals surface area contributed by atoms with Crippen LogP contribution in [0.4, 0.5) is 42.9 Å². The minimum Gasteiger partial charge on any atom is -0.319 e. The Bertz CT molecular complexity index is 5130. The Morgan fingerprint density at radius 1 is 0.258 bits per heavy atom. The molecule has 0 bridgehead atoms. The molecule has 0 saturated heterocycles. The van der Waals surface area contributed by atoms with E-state index < -0.39 is 82.5 Å². The number of halogens is 12. The van der Waals surface area contributed by atoms with Crippen molar-refractivity contribution in [1.82, 2.24) is 90.0 Å². The molecule has 48 heteroatoms. The third-order valence-corrected chi connectivity index (χ3v) is 18.3. The number of aromatic nitrogens is 18. The summed E-state index contributed by atoms with van der Waals surface area (Å²) < 4.78 is 27.7. The third-order valence-electron chi connectivity index (χ3n) is 14.7. The van der Waals surface area contributed by atoms with E-state index >= 15 is 0 Å². The van der Waals surface area contributed by atoms with Crippen molar-refractivity contribution in [2.45, 2.75) is 83.1 Å². The van der Waals surface area contributed by atoms with E-state index in [9.17, 15) is 66.3 Å². The maximum atomic E-state index is 13.6. The smallest absolute Gasteiger partial charge is 0.279 e. The molecule has 0 fully saturated rings. The molecule has 0 unspecified atom stereocenters. The molecular weight excluding hydrogens is 1920 g/mol. The van der Waals surface area contributed by atoms with Gasteiger partial charge in [0.15, 0.2) is 63.4 Å². The van der Waals surface area contributed by atoms with Crippen molar-refractivity contribution in [2.24, 2.45) is 0 Å². The second-order valence-corrected chi connectivity index (χ2v) is 29.5. The zero-order chi connectivity index (χ0) is 89.2. The van der Waals surface area contributed by atoms with Gasteiger partial charge in [-0.15, -0.1) is 90.0 Å². The number of benzene rings is 6. The Hall–Kier alpha value is -11.7. The van der Waals surface area contributed by atoms with Gasteiger partial charge in [0.2, 0.25) is 0 Å². The number of amides is 6. The van der Waals surface area contributed by atoms with Gasteiger partial charge in [-0.25, -0.2) is 8.78 Å². The van der Waals surface area contributed by atoms with Crippen LogP contribution in [0, 0.1) is 53.2 Å². The highest BCUT2D eigenvalue weighted by Gasteiger charge is 2.26. The number of nitrogens with one attached hydrogen (secondary N) is 6. The predicted molar refractivity (Wildman–Crippen MR) is 451 cm³/mol. The summed E-state index contributed by atoms with van der Waals surface area (Å²) in [5.74, 6) is -7.32. The first kappa shape index (κ1) is 95.5. The SMILES string of the molecule is CC(=O)n1nc(Br)c(C(=O)Nc2ccc(C)cc2Cl)n1.CC(=O)n1nc(Br)c(C(=O)Nc2ccc(C)cc2Cl)n1.CC(=O)n1nc(Br)c(C(=O)Nc2ccc(C)cc2F)n1.CC(=O)n1nc(Cl)c(C(=O)Nc2ccc(C)cc2Cl)n1.CC(=O)n1nc(Cl)c(C(=O)Nc2ccc(C)cc2Cl)n1.CC(=O)n1nc(Cl)c(C(=O)Nc2ccc(C)cc2F)n1. The molecule has 6 aromatic carbocycles. The minimum atomic E-state index is -0.745. The van der Waals surface area contributed by atoms with E-state index in [4.69, 9.17) is 81.2 Å². The third kappa shape index (κ3) is 26.7. The standard InChI is InChI=1S/2C12H10BrClN4O2.C12H10BrFN4O2.2C12H10Cl2N4O2.C12H10ClFN4O2/c3*1-6-3-4-9(8(14)5-6)15-12(20)10-11(13)17-18(16-10)7(2)19;2*1-6-3-4-9(8(13)5-6)15-12(20)10-11(14)17-18(16-10)7(2)19;1-6-3-4-9(8(14)5-6)15-12(20)10-11(13)17-18(16-10)7(2)19/h6*3-5H,1-2H3,(H,15,20). The normalized spacial score (nSPS) is 10.4. The summed E-state index contributed by atoms with van der Waals surface area (Å²) in [6.07, 6.45) is 0. The molecule has 12 aromatic rings. The van der Waals surface area contributed by atoms with Crippen LogP contribution < -0.4 is 31.9 Å². The van der Waals surface area contributed by atoms with Gasteiger partial charge in [-0.1, -0.05) is 118 Å². The predicted octanol–water partition coefficient (Wildman–Crippen LogP) is 16.1. The number of carbonyl (C=O) groups is 12. The van der Waals surface area contributed by atoms with Crippen molar-refractivity contribution in [3.05, 3.63) is 238 Å². The van der Waals surface area contributed by atoms with Crippen LogP contribution in [-0.4, -0.2) is 161 Å². The summed E-state index contributed by atoms with van der Waals surface area (Å²) in [4.78, 5) is 143. The van der Waals surface area contributed by atoms with Crippen molar-refractivity contribution < 1.29 is 66.3 Å². The summed E-state index contributed by atoms with van der Waals surface area (Å²) in [5.41, 5.74) is 6.57. The van der Waals surface area contributed by atoms with Gasteiger partial charge in [-0.2, -0.15) is 0 Å². The summed E-state index contributed by atoms with van der Waals surface area (Å²) in [6.45, 7) is 18.6. The Labute approximate surface area is 737 Å². The maximum Gasteiger partial charge on any atom is 0.279 e. The van der Waals surface area contributed by atoms with Crippen LogP contribution in [-0.2, 0) is 0 Å². The molecule has 0 spiro atoms. The van der Waals surface area contributed by atoms with Crippen LogP contribution in [0.5, 0.6) is 0 Å². The van der Waals surface area contributed by atoms with Crippen molar-refractivity contribution in [1.29, 1.82) is 0 Å². The molecule has 0 aliphatic rings. The first-order valence-electron chi connectivity index (χ1n) is 33.6. The highest BCUT2D eigenvalue weighted by molar-refractivity contribution is 9.11. The number of aryl methyl sites for hydroxylation is 6. The molecule has 120 heavy (non-hydrogen) atoms. The second kappa shape index (κ2) is 42.8. The van der Waals surface area contributed by atoms with Crippen LogP contribution in [0.15, 0.2) is 123 Å². The van der Waals surface area contributed by atoms with Crippen molar-refractivity contribution in [3.8, 4) is 0 Å². The summed E-state index contributed by atoms with van der Waals surface area (Å²) in [5, 5.41) is 60.8. The fraction of sp³-hybridized carbons (Fsp3) is 0.167. The molecule has 0 saturated carbocycles. The fourth-order valence-electron chi connectivity index (χ4n) is 8.83. The van der Waals surface area contributed by atoms with E-state index in [1.807, 2.05) is 39.8 Å². The van der Waals surface area contributed by atoms with Gasteiger partial charge in [0.25, 0.3) is 70.9 Å². The zero-order valence-corrected chi connectivity index (χ0v) is 73.9. The maximum absolute atomic E-state index is 13.6. The van der Waals surface area contributed by atoms with E-state index in [0.29, 0.717) is 47.6 Å². The average molecular weight is 1980 g/mol. The Kier molecular flexibility index (Phi) is 34.1. The molecule has 12 rings (SSSR count). The molecule has 624 valence electrons. The number of hydrogen-bond acceptors (Lipinski definition) is 24. The first-order valence-corrected chi connectivity index (χ1v) is 38.6. The van der Waals surface area contributed by atoms with Crippen LogP contribution in [0.25, 0.3) is 0 Å². The molecule has 0 aliphatic heterocycles. The zero-order valence-electron chi connectivity index (χ0n) is 63.9. The monoisotopic (exact) mass is 1970 g/mol. The van der Waals surface area contributed by atoms with Gasteiger partial charge in [0, 0.05) is 41.5 Å². The summed E-state index contributed by atoms with van der Waals surface area (Å²) >= 11 is 50.6. The lowest BCUT2D eigenvalue weighted by Crippen LogP contribution is -2.16. The fourth-order valence-corrected chi connectivity index (χ4v) is 11.8. The van der Waals surface area contributed by atoms with Crippen LogP contribution in [0.2, 0.25) is 35.5 Å². The quantitative estimate of drug-likeness (QED) is 0.0661. The summed E-state index contributed by atoms with van der Waals surface area (Å²) in [7, 11) is 0. The van der Waals surface area contributed by atoms with Crippen molar-refractivity contribution in [3.63, 3.8) is 0 Å². The topological polar surface area (TPSA) is 461 Å². The lowest BCUT2D eigenvalue weighted by Gasteiger charge is -2.06. The number of hydrogen-bond donors (Lipinski definition) is 6. The number of rotatable bonds is 12. The molecular formula is C72H60Br3Cl7F2N24O12. The van der Waals surface area contributed by atoms with Gasteiger partial charge in [0.1, 0.15) is 11.6 Å². The molecule has 6 amide bonds.